The lowest BCUT2D eigenvalue weighted by atomic mass is 9.89. The van der Waals surface area contributed by atoms with Gasteiger partial charge in [-0.05, 0) is 85.4 Å². The number of aromatic nitrogens is 1. The Morgan fingerprint density at radius 1 is 1.19 bits per heavy atom. The fraction of sp³-hybridized carbons (Fsp3) is 0.500. The molecule has 0 spiro atoms. The van der Waals surface area contributed by atoms with Crippen molar-refractivity contribution in [3.8, 4) is 0 Å². The van der Waals surface area contributed by atoms with Crippen LogP contribution in [-0.2, 0) is 12.6 Å². The first-order valence-electron chi connectivity index (χ1n) is 11.0. The molecule has 4 rings (SSSR count). The van der Waals surface area contributed by atoms with Crippen molar-refractivity contribution in [1.82, 2.24) is 10.3 Å². The van der Waals surface area contributed by atoms with E-state index in [2.05, 4.69) is 10.3 Å². The summed E-state index contributed by atoms with van der Waals surface area (Å²) >= 11 is 1.43. The molecule has 2 aromatic rings. The van der Waals surface area contributed by atoms with Gasteiger partial charge in [0.25, 0.3) is 5.91 Å². The van der Waals surface area contributed by atoms with Crippen molar-refractivity contribution in [2.24, 2.45) is 17.8 Å². The Bertz CT molecular complexity index is 965. The molecule has 1 aromatic heterocycles. The van der Waals surface area contributed by atoms with Crippen molar-refractivity contribution in [3.05, 3.63) is 59.0 Å². The molecule has 0 aliphatic heterocycles. The maximum atomic E-state index is 13.7. The lowest BCUT2D eigenvalue weighted by Crippen LogP contribution is -2.32. The molecular weight excluding hydrogens is 440 g/mol. The van der Waals surface area contributed by atoms with E-state index in [9.17, 15) is 22.4 Å². The number of pyridine rings is 1. The van der Waals surface area contributed by atoms with E-state index in [1.807, 2.05) is 0 Å². The fourth-order valence-corrected chi connectivity index (χ4v) is 5.95. The summed E-state index contributed by atoms with van der Waals surface area (Å²) in [6.45, 7) is 0.707. The van der Waals surface area contributed by atoms with Crippen molar-refractivity contribution in [2.75, 3.05) is 12.3 Å². The van der Waals surface area contributed by atoms with Crippen LogP contribution in [0.25, 0.3) is 0 Å². The van der Waals surface area contributed by atoms with Gasteiger partial charge in [-0.2, -0.15) is 13.2 Å². The van der Waals surface area contributed by atoms with Crippen LogP contribution in [0.4, 0.5) is 17.6 Å². The van der Waals surface area contributed by atoms with Crippen LogP contribution >= 0.6 is 11.8 Å². The number of amides is 1. The van der Waals surface area contributed by atoms with E-state index in [1.54, 1.807) is 18.3 Å². The molecule has 1 N–H and O–H groups in total. The smallest absolute Gasteiger partial charge is 0.352 e. The molecule has 0 saturated heterocycles. The fourth-order valence-electron chi connectivity index (χ4n) is 5.01. The number of hydrogen-bond donors (Lipinski definition) is 1. The van der Waals surface area contributed by atoms with Gasteiger partial charge in [0.15, 0.2) is 0 Å². The third-order valence-electron chi connectivity index (χ3n) is 6.61. The second kappa shape index (κ2) is 9.81. The summed E-state index contributed by atoms with van der Waals surface area (Å²) in [6.07, 6.45) is 3.14. The van der Waals surface area contributed by atoms with Gasteiger partial charge in [-0.15, -0.1) is 11.8 Å². The number of aryl methyl sites for hydroxylation is 1. The molecule has 3 nitrogen and oxygen atoms in total. The summed E-state index contributed by atoms with van der Waals surface area (Å²) in [5, 5.41) is 3.72. The molecule has 172 valence electrons. The van der Waals surface area contributed by atoms with Gasteiger partial charge in [-0.1, -0.05) is 12.5 Å². The van der Waals surface area contributed by atoms with Crippen LogP contribution in [0.5, 0.6) is 0 Å². The molecule has 2 fully saturated rings. The number of nitrogens with zero attached hydrogens (tertiary/aromatic N) is 1. The minimum Gasteiger partial charge on any atom is -0.352 e. The third-order valence-corrected chi connectivity index (χ3v) is 7.70. The minimum atomic E-state index is -4.69. The van der Waals surface area contributed by atoms with Gasteiger partial charge < -0.3 is 5.32 Å². The zero-order chi connectivity index (χ0) is 22.7. The van der Waals surface area contributed by atoms with Gasteiger partial charge in [0, 0.05) is 12.7 Å². The quantitative estimate of drug-likeness (QED) is 0.289. The van der Waals surface area contributed by atoms with E-state index < -0.39 is 17.6 Å². The van der Waals surface area contributed by atoms with Crippen molar-refractivity contribution >= 4 is 17.7 Å². The van der Waals surface area contributed by atoms with Crippen molar-refractivity contribution in [3.63, 3.8) is 0 Å². The van der Waals surface area contributed by atoms with E-state index in [-0.39, 0.29) is 5.91 Å². The number of nitrogens with one attached hydrogen (secondary N) is 1. The Hall–Kier alpha value is -2.09. The van der Waals surface area contributed by atoms with E-state index in [0.717, 1.165) is 24.0 Å². The first-order chi connectivity index (χ1) is 15.3. The predicted molar refractivity (Wildman–Crippen MR) is 116 cm³/mol. The lowest BCUT2D eigenvalue weighted by molar-refractivity contribution is -0.140. The number of benzene rings is 1. The molecule has 0 radical (unpaired) electrons. The van der Waals surface area contributed by atoms with E-state index in [4.69, 9.17) is 0 Å². The molecule has 1 heterocycles. The second-order valence-electron chi connectivity index (χ2n) is 8.77. The Morgan fingerprint density at radius 3 is 2.72 bits per heavy atom. The summed E-state index contributed by atoms with van der Waals surface area (Å²) in [4.78, 5) is 17.1. The molecule has 1 amide bonds. The van der Waals surface area contributed by atoms with Crippen LogP contribution in [0.1, 0.15) is 53.6 Å². The maximum absolute atomic E-state index is 13.7. The number of fused-ring (bicyclic) bond motifs is 2. The number of alkyl halides is 3. The third kappa shape index (κ3) is 5.45. The molecule has 2 aliphatic rings. The van der Waals surface area contributed by atoms with Gasteiger partial charge >= 0.3 is 6.18 Å². The van der Waals surface area contributed by atoms with Gasteiger partial charge in [0.1, 0.15) is 10.8 Å². The normalized spacial score (nSPS) is 22.3. The van der Waals surface area contributed by atoms with Crippen LogP contribution in [-0.4, -0.2) is 23.2 Å². The molecule has 8 heteroatoms. The van der Waals surface area contributed by atoms with E-state index >= 15 is 0 Å². The maximum Gasteiger partial charge on any atom is 0.419 e. The largest absolute Gasteiger partial charge is 0.419 e. The Balaban J connectivity index is 1.27. The van der Waals surface area contributed by atoms with Crippen LogP contribution in [0.2, 0.25) is 0 Å². The number of hydrogen-bond acceptors (Lipinski definition) is 3. The molecule has 3 atom stereocenters. The summed E-state index contributed by atoms with van der Waals surface area (Å²) in [5.41, 5.74) is -0.188. The highest BCUT2D eigenvalue weighted by Crippen LogP contribution is 2.48. The number of halogens is 4. The summed E-state index contributed by atoms with van der Waals surface area (Å²) in [7, 11) is 0. The summed E-state index contributed by atoms with van der Waals surface area (Å²) in [5.74, 6) is 1.42. The molecule has 3 unspecified atom stereocenters. The van der Waals surface area contributed by atoms with Gasteiger partial charge in [-0.25, -0.2) is 9.37 Å². The number of carbonyl (C=O) groups excluding carboxylic acids is 1. The first kappa shape index (κ1) is 23.1. The second-order valence-corrected chi connectivity index (χ2v) is 9.85. The molecule has 32 heavy (non-hydrogen) atoms. The number of rotatable bonds is 8. The van der Waals surface area contributed by atoms with E-state index in [1.165, 1.54) is 43.5 Å². The van der Waals surface area contributed by atoms with Crippen LogP contribution in [0, 0.1) is 23.6 Å². The molecule has 2 aliphatic carbocycles. The van der Waals surface area contributed by atoms with Crippen LogP contribution in [0.3, 0.4) is 0 Å². The van der Waals surface area contributed by atoms with Crippen molar-refractivity contribution < 1.29 is 22.4 Å². The van der Waals surface area contributed by atoms with Crippen LogP contribution < -0.4 is 5.32 Å². The topological polar surface area (TPSA) is 42.0 Å². The highest BCUT2D eigenvalue weighted by Gasteiger charge is 2.39. The Labute approximate surface area is 189 Å². The van der Waals surface area contributed by atoms with Crippen LogP contribution in [0.15, 0.2) is 41.6 Å². The highest BCUT2D eigenvalue weighted by atomic mass is 32.2. The van der Waals surface area contributed by atoms with Crippen molar-refractivity contribution in [2.45, 2.75) is 49.7 Å². The van der Waals surface area contributed by atoms with E-state index in [0.29, 0.717) is 47.2 Å². The lowest BCUT2D eigenvalue weighted by Gasteiger charge is -2.22. The molecule has 2 saturated carbocycles. The zero-order valence-corrected chi connectivity index (χ0v) is 18.4. The number of carbonyl (C=O) groups is 1. The monoisotopic (exact) mass is 466 g/mol. The summed E-state index contributed by atoms with van der Waals surface area (Å²) in [6, 6.07) is 6.54. The Morgan fingerprint density at radius 2 is 2.03 bits per heavy atom. The van der Waals surface area contributed by atoms with Gasteiger partial charge in [-0.3, -0.25) is 4.79 Å². The summed E-state index contributed by atoms with van der Waals surface area (Å²) < 4.78 is 51.7. The average molecular weight is 467 g/mol. The SMILES string of the molecule is O=C(NCC1CC2CCC1C2)c1cccnc1SCCCc1ccc(C(F)(F)F)c(F)c1. The van der Waals surface area contributed by atoms with Gasteiger partial charge in [0.2, 0.25) is 0 Å². The molecule has 1 aromatic carbocycles. The molecular formula is C24H26F4N2OS. The minimum absolute atomic E-state index is 0.117. The first-order valence-corrected chi connectivity index (χ1v) is 12.0. The van der Waals surface area contributed by atoms with Gasteiger partial charge in [0.05, 0.1) is 11.1 Å². The molecule has 2 bridgehead atoms. The highest BCUT2D eigenvalue weighted by molar-refractivity contribution is 7.99. The predicted octanol–water partition coefficient (Wildman–Crippen LogP) is 6.13. The Kier molecular flexibility index (Phi) is 7.08. The zero-order valence-electron chi connectivity index (χ0n) is 17.6. The standard InChI is InChI=1S/C24H26F4N2OS/c25-21-13-15(6-8-20(21)24(26,27)28)3-2-10-32-23-19(4-1-9-29-23)22(31)30-14-18-12-16-5-7-17(18)11-16/h1,4,6,8-9,13,16-18H,2-3,5,7,10-12,14H2,(H,30,31). The average Bonchev–Trinajstić information content (AvgIpc) is 3.38. The number of thioether (sulfide) groups is 1. The van der Waals surface area contributed by atoms with Crippen molar-refractivity contribution in [1.29, 1.82) is 0 Å².